The summed E-state index contributed by atoms with van der Waals surface area (Å²) in [5.74, 6) is 0.462. The SMILES string of the molecule is COc1ccc(NC(=O)[C@H](c2ccccc2)N2CCCN(CC(=O)NC(C)(C)C)CC2)cc1Cl. The number of anilines is 1. The summed E-state index contributed by atoms with van der Waals surface area (Å²) in [5.41, 5.74) is 1.29. The van der Waals surface area contributed by atoms with Crippen molar-refractivity contribution in [3.63, 3.8) is 0 Å². The van der Waals surface area contributed by atoms with Crippen LogP contribution in [0.15, 0.2) is 48.5 Å². The Labute approximate surface area is 207 Å². The van der Waals surface area contributed by atoms with E-state index >= 15 is 0 Å². The van der Waals surface area contributed by atoms with Crippen LogP contribution in [-0.4, -0.2) is 67.0 Å². The number of carbonyl (C=O) groups is 2. The first-order valence-electron chi connectivity index (χ1n) is 11.6. The second-order valence-corrected chi connectivity index (χ2v) is 10.0. The molecule has 0 spiro atoms. The van der Waals surface area contributed by atoms with Crippen LogP contribution in [0.5, 0.6) is 5.75 Å². The fourth-order valence-electron chi connectivity index (χ4n) is 4.19. The molecule has 2 aromatic carbocycles. The molecule has 2 N–H and O–H groups in total. The van der Waals surface area contributed by atoms with E-state index in [1.54, 1.807) is 25.3 Å². The summed E-state index contributed by atoms with van der Waals surface area (Å²) in [7, 11) is 1.56. The van der Waals surface area contributed by atoms with Gasteiger partial charge in [-0.1, -0.05) is 41.9 Å². The molecule has 0 aliphatic carbocycles. The van der Waals surface area contributed by atoms with Crippen LogP contribution in [0.3, 0.4) is 0 Å². The van der Waals surface area contributed by atoms with Gasteiger partial charge in [0.25, 0.3) is 0 Å². The third-order valence-electron chi connectivity index (χ3n) is 5.65. The highest BCUT2D eigenvalue weighted by atomic mass is 35.5. The fourth-order valence-corrected chi connectivity index (χ4v) is 4.44. The zero-order valence-electron chi connectivity index (χ0n) is 20.4. The first kappa shape index (κ1) is 26.0. The van der Waals surface area contributed by atoms with Gasteiger partial charge in [-0.25, -0.2) is 0 Å². The van der Waals surface area contributed by atoms with Gasteiger partial charge in [-0.15, -0.1) is 0 Å². The molecule has 1 fully saturated rings. The minimum Gasteiger partial charge on any atom is -0.495 e. The lowest BCUT2D eigenvalue weighted by molar-refractivity contribution is -0.124. The number of hydrogen-bond donors (Lipinski definition) is 2. The molecule has 1 aliphatic heterocycles. The smallest absolute Gasteiger partial charge is 0.246 e. The Kier molecular flexibility index (Phi) is 8.94. The van der Waals surface area contributed by atoms with E-state index in [2.05, 4.69) is 20.4 Å². The Balaban J connectivity index is 1.73. The summed E-state index contributed by atoms with van der Waals surface area (Å²) in [4.78, 5) is 30.3. The van der Waals surface area contributed by atoms with Crippen LogP contribution in [0, 0.1) is 0 Å². The topological polar surface area (TPSA) is 73.9 Å². The molecule has 0 radical (unpaired) electrons. The maximum absolute atomic E-state index is 13.5. The number of methoxy groups -OCH3 is 1. The Bertz CT molecular complexity index is 978. The fraction of sp³-hybridized carbons (Fsp3) is 0.462. The predicted octanol–water partition coefficient (Wildman–Crippen LogP) is 3.95. The molecule has 0 bridgehead atoms. The molecule has 7 nitrogen and oxygen atoms in total. The summed E-state index contributed by atoms with van der Waals surface area (Å²) in [5, 5.41) is 6.49. The van der Waals surface area contributed by atoms with Crippen molar-refractivity contribution in [2.24, 2.45) is 0 Å². The number of hydrogen-bond acceptors (Lipinski definition) is 5. The normalized spacial score (nSPS) is 16.4. The molecule has 1 heterocycles. The molecular weight excluding hydrogens is 452 g/mol. The van der Waals surface area contributed by atoms with Gasteiger partial charge in [0.05, 0.1) is 18.7 Å². The summed E-state index contributed by atoms with van der Waals surface area (Å²) in [6, 6.07) is 14.5. The molecule has 2 amide bonds. The highest BCUT2D eigenvalue weighted by molar-refractivity contribution is 6.32. The number of halogens is 1. The van der Waals surface area contributed by atoms with Crippen LogP contribution in [0.25, 0.3) is 0 Å². The molecule has 2 aromatic rings. The Morgan fingerprint density at radius 2 is 1.79 bits per heavy atom. The molecule has 0 aromatic heterocycles. The molecular formula is C26H35ClN4O3. The molecule has 8 heteroatoms. The second kappa shape index (κ2) is 11.7. The van der Waals surface area contributed by atoms with Crippen molar-refractivity contribution in [2.75, 3.05) is 45.2 Å². The van der Waals surface area contributed by atoms with Gasteiger partial charge < -0.3 is 15.4 Å². The Hall–Kier alpha value is -2.61. The van der Waals surface area contributed by atoms with Gasteiger partial charge in [0.2, 0.25) is 11.8 Å². The predicted molar refractivity (Wildman–Crippen MR) is 136 cm³/mol. The number of carbonyl (C=O) groups excluding carboxylic acids is 2. The van der Waals surface area contributed by atoms with Gasteiger partial charge in [0.1, 0.15) is 11.8 Å². The van der Waals surface area contributed by atoms with Crippen molar-refractivity contribution in [3.05, 3.63) is 59.1 Å². The van der Waals surface area contributed by atoms with Crippen molar-refractivity contribution < 1.29 is 14.3 Å². The van der Waals surface area contributed by atoms with E-state index < -0.39 is 6.04 Å². The van der Waals surface area contributed by atoms with Gasteiger partial charge in [0.15, 0.2) is 0 Å². The lowest BCUT2D eigenvalue weighted by Crippen LogP contribution is -2.46. The van der Waals surface area contributed by atoms with E-state index in [9.17, 15) is 9.59 Å². The molecule has 1 atom stereocenters. The zero-order chi connectivity index (χ0) is 24.7. The lowest BCUT2D eigenvalue weighted by Gasteiger charge is -2.30. The second-order valence-electron chi connectivity index (χ2n) is 9.62. The van der Waals surface area contributed by atoms with Crippen LogP contribution in [0.2, 0.25) is 5.02 Å². The standard InChI is InChI=1S/C26H35ClN4O3/c1-26(2,3)29-23(32)18-30-13-8-14-31(16-15-30)24(19-9-6-5-7-10-19)25(33)28-20-11-12-22(34-4)21(27)17-20/h5-7,9-12,17,24H,8,13-16,18H2,1-4H3,(H,28,33)(H,29,32)/t24-/m0/s1. The van der Waals surface area contributed by atoms with Crippen LogP contribution < -0.4 is 15.4 Å². The molecule has 0 unspecified atom stereocenters. The molecule has 184 valence electrons. The Morgan fingerprint density at radius 3 is 2.44 bits per heavy atom. The molecule has 1 saturated heterocycles. The van der Waals surface area contributed by atoms with Crippen molar-refractivity contribution in [2.45, 2.75) is 38.8 Å². The highest BCUT2D eigenvalue weighted by Gasteiger charge is 2.30. The van der Waals surface area contributed by atoms with Crippen molar-refractivity contribution in [3.8, 4) is 5.75 Å². The largest absolute Gasteiger partial charge is 0.495 e. The summed E-state index contributed by atoms with van der Waals surface area (Å²) < 4.78 is 5.21. The van der Waals surface area contributed by atoms with E-state index in [1.165, 1.54) is 0 Å². The van der Waals surface area contributed by atoms with Gasteiger partial charge in [-0.05, 0) is 57.5 Å². The van der Waals surface area contributed by atoms with Crippen LogP contribution in [0.1, 0.15) is 38.8 Å². The first-order valence-corrected chi connectivity index (χ1v) is 12.0. The van der Waals surface area contributed by atoms with Crippen molar-refractivity contribution in [1.82, 2.24) is 15.1 Å². The maximum atomic E-state index is 13.5. The van der Waals surface area contributed by atoms with Crippen molar-refractivity contribution in [1.29, 1.82) is 0 Å². The van der Waals surface area contributed by atoms with Crippen molar-refractivity contribution >= 4 is 29.1 Å². The Morgan fingerprint density at radius 1 is 1.06 bits per heavy atom. The molecule has 1 aliphatic rings. The quantitative estimate of drug-likeness (QED) is 0.620. The first-order chi connectivity index (χ1) is 16.2. The summed E-state index contributed by atoms with van der Waals surface area (Å²) >= 11 is 6.25. The number of amides is 2. The third kappa shape index (κ3) is 7.45. The summed E-state index contributed by atoms with van der Waals surface area (Å²) in [6.45, 7) is 9.26. The minimum absolute atomic E-state index is 0.0229. The third-order valence-corrected chi connectivity index (χ3v) is 5.95. The van der Waals surface area contributed by atoms with E-state index in [0.29, 0.717) is 36.1 Å². The number of ether oxygens (including phenoxy) is 1. The molecule has 0 saturated carbocycles. The zero-order valence-corrected chi connectivity index (χ0v) is 21.2. The minimum atomic E-state index is -0.453. The number of nitrogens with zero attached hydrogens (tertiary/aromatic N) is 2. The monoisotopic (exact) mass is 486 g/mol. The average Bonchev–Trinajstić information content (AvgIpc) is 2.99. The average molecular weight is 487 g/mol. The van der Waals surface area contributed by atoms with Gasteiger partial charge in [-0.3, -0.25) is 19.4 Å². The molecule has 3 rings (SSSR count). The van der Waals surface area contributed by atoms with Gasteiger partial charge >= 0.3 is 0 Å². The van der Waals surface area contributed by atoms with Crippen LogP contribution in [-0.2, 0) is 9.59 Å². The summed E-state index contributed by atoms with van der Waals surface area (Å²) in [6.07, 6.45) is 0.869. The maximum Gasteiger partial charge on any atom is 0.246 e. The van der Waals surface area contributed by atoms with Crippen LogP contribution in [0.4, 0.5) is 5.69 Å². The number of rotatable bonds is 7. The molecule has 34 heavy (non-hydrogen) atoms. The van der Waals surface area contributed by atoms with E-state index in [-0.39, 0.29) is 17.4 Å². The number of benzene rings is 2. The van der Waals surface area contributed by atoms with E-state index in [1.807, 2.05) is 51.1 Å². The number of nitrogens with one attached hydrogen (secondary N) is 2. The van der Waals surface area contributed by atoms with Crippen LogP contribution >= 0.6 is 11.6 Å². The van der Waals surface area contributed by atoms with Gasteiger partial charge in [-0.2, -0.15) is 0 Å². The highest BCUT2D eigenvalue weighted by Crippen LogP contribution is 2.29. The van der Waals surface area contributed by atoms with E-state index in [0.717, 1.165) is 25.1 Å². The lowest BCUT2D eigenvalue weighted by atomic mass is 10.0. The van der Waals surface area contributed by atoms with Gasteiger partial charge in [0, 0.05) is 30.9 Å². The van der Waals surface area contributed by atoms with E-state index in [4.69, 9.17) is 16.3 Å².